The maximum Gasteiger partial charge on any atom is 0.140 e. The van der Waals surface area contributed by atoms with Gasteiger partial charge in [0.1, 0.15) is 5.65 Å². The summed E-state index contributed by atoms with van der Waals surface area (Å²) in [6, 6.07) is 6.25. The lowest BCUT2D eigenvalue weighted by molar-refractivity contribution is 0.461. The van der Waals surface area contributed by atoms with Crippen molar-refractivity contribution in [3.05, 3.63) is 54.2 Å². The molecule has 3 aromatic rings. The lowest BCUT2D eigenvalue weighted by atomic mass is 9.90. The van der Waals surface area contributed by atoms with Crippen molar-refractivity contribution in [1.82, 2.24) is 14.9 Å². The molecule has 21 heavy (non-hydrogen) atoms. The average Bonchev–Trinajstić information content (AvgIpc) is 3.17. The number of pyridine rings is 1. The minimum atomic E-state index is 0.642. The predicted molar refractivity (Wildman–Crippen MR) is 82.4 cm³/mol. The van der Waals surface area contributed by atoms with Crippen molar-refractivity contribution in [2.24, 2.45) is 0 Å². The van der Waals surface area contributed by atoms with Gasteiger partial charge in [-0.05, 0) is 55.6 Å². The van der Waals surface area contributed by atoms with Gasteiger partial charge in [0.2, 0.25) is 0 Å². The van der Waals surface area contributed by atoms with E-state index in [9.17, 15) is 0 Å². The molecule has 4 nitrogen and oxygen atoms in total. The van der Waals surface area contributed by atoms with Crippen molar-refractivity contribution in [2.45, 2.75) is 25.3 Å². The van der Waals surface area contributed by atoms with Crippen LogP contribution in [0.2, 0.25) is 0 Å². The monoisotopic (exact) mass is 281 g/mol. The number of nitrogens with one attached hydrogen (secondary N) is 1. The van der Waals surface area contributed by atoms with Crippen molar-refractivity contribution in [3.8, 4) is 0 Å². The molecule has 108 valence electrons. The number of fused-ring (bicyclic) bond motifs is 1. The molecule has 0 bridgehead atoms. The van der Waals surface area contributed by atoms with Crippen LogP contribution < -0.4 is 5.32 Å². The quantitative estimate of drug-likeness (QED) is 0.802. The molecule has 0 aliphatic carbocycles. The van der Waals surface area contributed by atoms with Crippen molar-refractivity contribution in [3.63, 3.8) is 0 Å². The van der Waals surface area contributed by atoms with Gasteiger partial charge in [0, 0.05) is 23.3 Å². The lowest BCUT2D eigenvalue weighted by Gasteiger charge is -2.22. The molecule has 0 atom stereocenters. The molecule has 4 heteroatoms. The molecule has 0 unspecified atom stereocenters. The Labute approximate surface area is 123 Å². The Morgan fingerprint density at radius 2 is 2.19 bits per heavy atom. The summed E-state index contributed by atoms with van der Waals surface area (Å²) in [5.41, 5.74) is 3.70. The smallest absolute Gasteiger partial charge is 0.140 e. The Hall–Kier alpha value is -2.07. The van der Waals surface area contributed by atoms with Crippen molar-refractivity contribution in [2.75, 3.05) is 13.1 Å². The fourth-order valence-corrected chi connectivity index (χ4v) is 3.31. The third-order valence-corrected chi connectivity index (χ3v) is 4.38. The van der Waals surface area contributed by atoms with Crippen LogP contribution in [0.5, 0.6) is 0 Å². The Morgan fingerprint density at radius 1 is 1.29 bits per heavy atom. The summed E-state index contributed by atoms with van der Waals surface area (Å²) in [6.45, 7) is 3.04. The molecule has 0 spiro atoms. The second-order valence-corrected chi connectivity index (χ2v) is 5.74. The fraction of sp³-hybridized carbons (Fsp3) is 0.353. The number of hydrogen-bond donors (Lipinski definition) is 1. The second-order valence-electron chi connectivity index (χ2n) is 5.74. The van der Waals surface area contributed by atoms with Crippen molar-refractivity contribution < 1.29 is 4.42 Å². The maximum absolute atomic E-state index is 5.18. The summed E-state index contributed by atoms with van der Waals surface area (Å²) in [6.07, 6.45) is 10.1. The topological polar surface area (TPSA) is 43.0 Å². The van der Waals surface area contributed by atoms with Gasteiger partial charge < -0.3 is 14.3 Å². The van der Waals surface area contributed by atoms with Crippen LogP contribution in [0.25, 0.3) is 11.0 Å². The highest BCUT2D eigenvalue weighted by Gasteiger charge is 2.20. The molecule has 4 rings (SSSR count). The van der Waals surface area contributed by atoms with E-state index in [1.165, 1.54) is 29.4 Å². The lowest BCUT2D eigenvalue weighted by Crippen LogP contribution is -2.26. The molecule has 1 saturated heterocycles. The first-order valence-electron chi connectivity index (χ1n) is 7.57. The highest BCUT2D eigenvalue weighted by molar-refractivity contribution is 5.81. The van der Waals surface area contributed by atoms with E-state index in [1.807, 2.05) is 18.3 Å². The van der Waals surface area contributed by atoms with E-state index in [0.717, 1.165) is 25.3 Å². The predicted octanol–water partition coefficient (Wildman–Crippen LogP) is 3.14. The van der Waals surface area contributed by atoms with E-state index < -0.39 is 0 Å². The largest absolute Gasteiger partial charge is 0.472 e. The van der Waals surface area contributed by atoms with Crippen LogP contribution >= 0.6 is 0 Å². The van der Waals surface area contributed by atoms with E-state index in [4.69, 9.17) is 4.42 Å². The molecule has 1 N–H and O–H groups in total. The molecular formula is C17H19N3O. The van der Waals surface area contributed by atoms with Crippen LogP contribution in [0.1, 0.15) is 29.9 Å². The molecule has 1 aliphatic heterocycles. The summed E-state index contributed by atoms with van der Waals surface area (Å²) < 4.78 is 7.43. The SMILES string of the molecule is c1cnc2c(c1)c(C1CCNCC1)cn2Cc1ccoc1. The molecular weight excluding hydrogens is 262 g/mol. The van der Waals surface area contributed by atoms with Gasteiger partial charge in [-0.25, -0.2) is 4.98 Å². The zero-order valence-corrected chi connectivity index (χ0v) is 12.0. The van der Waals surface area contributed by atoms with Crippen LogP contribution in [0.4, 0.5) is 0 Å². The van der Waals surface area contributed by atoms with Crippen LogP contribution in [0.3, 0.4) is 0 Å². The Balaban J connectivity index is 1.76. The normalized spacial score (nSPS) is 16.6. The molecule has 0 saturated carbocycles. The fourth-order valence-electron chi connectivity index (χ4n) is 3.31. The molecule has 0 aromatic carbocycles. The number of aromatic nitrogens is 2. The Bertz CT molecular complexity index is 724. The Kier molecular flexibility index (Phi) is 3.24. The van der Waals surface area contributed by atoms with Crippen LogP contribution in [-0.4, -0.2) is 22.6 Å². The summed E-state index contributed by atoms with van der Waals surface area (Å²) in [5.74, 6) is 0.642. The highest BCUT2D eigenvalue weighted by atomic mass is 16.3. The number of furan rings is 1. The standard InChI is InChI=1S/C17H19N3O/c1-2-15-16(14-3-7-18-8-4-14)11-20(17(15)19-6-1)10-13-5-9-21-12-13/h1-2,5-6,9,11-12,14,18H,3-4,7-8,10H2. The molecule has 1 fully saturated rings. The minimum Gasteiger partial charge on any atom is -0.472 e. The summed E-state index contributed by atoms with van der Waals surface area (Å²) in [5, 5.41) is 4.74. The molecule has 3 aromatic heterocycles. The van der Waals surface area contributed by atoms with Gasteiger partial charge in [0.25, 0.3) is 0 Å². The Morgan fingerprint density at radius 3 is 3.00 bits per heavy atom. The van der Waals surface area contributed by atoms with E-state index in [1.54, 1.807) is 12.5 Å². The van der Waals surface area contributed by atoms with E-state index in [0.29, 0.717) is 5.92 Å². The van der Waals surface area contributed by atoms with Gasteiger partial charge in [0.05, 0.1) is 19.1 Å². The van der Waals surface area contributed by atoms with Crippen molar-refractivity contribution >= 4 is 11.0 Å². The van der Waals surface area contributed by atoms with Crippen LogP contribution in [0, 0.1) is 0 Å². The van der Waals surface area contributed by atoms with Gasteiger partial charge in [-0.1, -0.05) is 0 Å². The van der Waals surface area contributed by atoms with E-state index in [-0.39, 0.29) is 0 Å². The molecule has 1 aliphatic rings. The number of hydrogen-bond acceptors (Lipinski definition) is 3. The van der Waals surface area contributed by atoms with Gasteiger partial charge in [0.15, 0.2) is 0 Å². The second kappa shape index (κ2) is 5.37. The minimum absolute atomic E-state index is 0.642. The van der Waals surface area contributed by atoms with Gasteiger partial charge in [-0.3, -0.25) is 0 Å². The zero-order valence-electron chi connectivity index (χ0n) is 12.0. The number of piperidine rings is 1. The van der Waals surface area contributed by atoms with Gasteiger partial charge >= 0.3 is 0 Å². The molecule has 4 heterocycles. The number of nitrogens with zero attached hydrogens (tertiary/aromatic N) is 2. The van der Waals surface area contributed by atoms with Crippen molar-refractivity contribution in [1.29, 1.82) is 0 Å². The number of rotatable bonds is 3. The highest BCUT2D eigenvalue weighted by Crippen LogP contribution is 2.32. The summed E-state index contributed by atoms with van der Waals surface area (Å²) >= 11 is 0. The molecule has 0 radical (unpaired) electrons. The molecule has 0 amide bonds. The average molecular weight is 281 g/mol. The summed E-state index contributed by atoms with van der Waals surface area (Å²) in [7, 11) is 0. The maximum atomic E-state index is 5.18. The van der Waals surface area contributed by atoms with Crippen LogP contribution in [0.15, 0.2) is 47.5 Å². The summed E-state index contributed by atoms with van der Waals surface area (Å²) in [4.78, 5) is 4.59. The third-order valence-electron chi connectivity index (χ3n) is 4.38. The van der Waals surface area contributed by atoms with Gasteiger partial charge in [-0.15, -0.1) is 0 Å². The first-order valence-corrected chi connectivity index (χ1v) is 7.57. The first-order chi connectivity index (χ1) is 10.4. The van der Waals surface area contributed by atoms with Gasteiger partial charge in [-0.2, -0.15) is 0 Å². The zero-order chi connectivity index (χ0) is 14.1. The third kappa shape index (κ3) is 2.36. The van der Waals surface area contributed by atoms with E-state index in [2.05, 4.69) is 27.1 Å². The van der Waals surface area contributed by atoms with Crippen LogP contribution in [-0.2, 0) is 6.54 Å². The first kappa shape index (κ1) is 12.7. The van der Waals surface area contributed by atoms with E-state index >= 15 is 0 Å².